The van der Waals surface area contributed by atoms with E-state index in [1.54, 1.807) is 0 Å². The summed E-state index contributed by atoms with van der Waals surface area (Å²) in [6.07, 6.45) is 5.42. The molecule has 4 atom stereocenters. The summed E-state index contributed by atoms with van der Waals surface area (Å²) in [6.45, 7) is 6.19. The van der Waals surface area contributed by atoms with Gasteiger partial charge in [-0.05, 0) is 24.2 Å². The molecule has 0 radical (unpaired) electrons. The van der Waals surface area contributed by atoms with E-state index in [1.165, 1.54) is 0 Å². The lowest BCUT2D eigenvalue weighted by molar-refractivity contribution is -0.168. The third kappa shape index (κ3) is 1.88. The summed E-state index contributed by atoms with van der Waals surface area (Å²) in [5.41, 5.74) is -0.518. The number of fused-ring (bicyclic) bond motifs is 2. The highest BCUT2D eigenvalue weighted by atomic mass is 16.6. The zero-order valence-electron chi connectivity index (χ0n) is 11.6. The minimum Gasteiger partial charge on any atom is -0.462 e. The molecule has 0 unspecified atom stereocenters. The van der Waals surface area contributed by atoms with Crippen molar-refractivity contribution in [2.45, 2.75) is 39.7 Å². The molecule has 4 heteroatoms. The van der Waals surface area contributed by atoms with Crippen LogP contribution >= 0.6 is 0 Å². The second-order valence-electron chi connectivity index (χ2n) is 7.03. The summed E-state index contributed by atoms with van der Waals surface area (Å²) < 4.78 is 10.5. The number of esters is 2. The smallest absolute Gasteiger partial charge is 0.348 e. The first-order chi connectivity index (χ1) is 8.82. The largest absolute Gasteiger partial charge is 0.462 e. The summed E-state index contributed by atoms with van der Waals surface area (Å²) in [4.78, 5) is 24.0. The van der Waals surface area contributed by atoms with Crippen LogP contribution in [0.25, 0.3) is 0 Å². The molecule has 2 fully saturated rings. The maximum atomic E-state index is 12.4. The summed E-state index contributed by atoms with van der Waals surface area (Å²) in [6, 6.07) is 0. The van der Waals surface area contributed by atoms with Gasteiger partial charge in [-0.25, -0.2) is 4.79 Å². The average molecular weight is 264 g/mol. The number of carbonyl (C=O) groups excluding carboxylic acids is 2. The second-order valence-corrected chi connectivity index (χ2v) is 7.03. The van der Waals surface area contributed by atoms with E-state index in [2.05, 4.69) is 19.1 Å². The molecular weight excluding hydrogens is 244 g/mol. The quantitative estimate of drug-likeness (QED) is 0.566. The van der Waals surface area contributed by atoms with Crippen LogP contribution in [0.1, 0.15) is 33.6 Å². The minimum absolute atomic E-state index is 0.0889. The third-order valence-electron chi connectivity index (χ3n) is 4.81. The molecule has 0 N–H and O–H groups in total. The van der Waals surface area contributed by atoms with Gasteiger partial charge < -0.3 is 9.47 Å². The van der Waals surface area contributed by atoms with Gasteiger partial charge >= 0.3 is 11.9 Å². The molecule has 3 aliphatic rings. The van der Waals surface area contributed by atoms with Crippen LogP contribution in [-0.2, 0) is 19.1 Å². The third-order valence-corrected chi connectivity index (χ3v) is 4.81. The van der Waals surface area contributed by atoms with Crippen molar-refractivity contribution in [2.75, 3.05) is 6.61 Å². The Bertz CT molecular complexity index is 465. The number of hydrogen-bond acceptors (Lipinski definition) is 4. The first kappa shape index (κ1) is 12.7. The van der Waals surface area contributed by atoms with Crippen molar-refractivity contribution in [1.29, 1.82) is 0 Å². The molecule has 0 amide bonds. The highest BCUT2D eigenvalue weighted by Gasteiger charge is 2.52. The Morgan fingerprint density at radius 2 is 2.16 bits per heavy atom. The van der Waals surface area contributed by atoms with Crippen LogP contribution in [0.2, 0.25) is 0 Å². The molecule has 0 aromatic rings. The normalized spacial score (nSPS) is 42.5. The number of ether oxygens (including phenoxy) is 2. The molecule has 2 bridgehead atoms. The van der Waals surface area contributed by atoms with Crippen molar-refractivity contribution in [2.24, 2.45) is 22.7 Å². The molecule has 2 aliphatic carbocycles. The molecule has 1 aliphatic heterocycles. The van der Waals surface area contributed by atoms with Crippen LogP contribution in [0.3, 0.4) is 0 Å². The number of allylic oxidation sites excluding steroid dienone is 2. The number of hydrogen-bond donors (Lipinski definition) is 0. The van der Waals surface area contributed by atoms with E-state index < -0.39 is 17.5 Å². The lowest BCUT2D eigenvalue weighted by Gasteiger charge is -2.29. The molecule has 1 saturated carbocycles. The maximum absolute atomic E-state index is 12.4. The van der Waals surface area contributed by atoms with Gasteiger partial charge in [0.25, 0.3) is 0 Å². The van der Waals surface area contributed by atoms with Crippen LogP contribution < -0.4 is 0 Å². The Balaban J connectivity index is 1.73. The topological polar surface area (TPSA) is 52.6 Å². The zero-order valence-corrected chi connectivity index (χ0v) is 11.6. The lowest BCUT2D eigenvalue weighted by atomic mass is 9.80. The molecule has 1 heterocycles. The fourth-order valence-corrected chi connectivity index (χ4v) is 3.55. The zero-order chi connectivity index (χ0) is 13.8. The molecule has 4 nitrogen and oxygen atoms in total. The van der Waals surface area contributed by atoms with E-state index in [-0.39, 0.29) is 17.3 Å². The Morgan fingerprint density at radius 1 is 1.42 bits per heavy atom. The second kappa shape index (κ2) is 3.84. The molecule has 1 saturated heterocycles. The highest BCUT2D eigenvalue weighted by Crippen LogP contribution is 2.53. The molecule has 3 rings (SSSR count). The standard InChI is InChI=1S/C15H20O4/c1-14(2)8-18-13(17)11(14)19-12(16)10-6-9-4-5-15(10,3)7-9/h4-5,9-11H,6-8H2,1-3H3/t9-,10+,11+,15+/m1/s1. The monoisotopic (exact) mass is 264 g/mol. The Kier molecular flexibility index (Phi) is 2.57. The van der Waals surface area contributed by atoms with Gasteiger partial charge in [-0.3, -0.25) is 4.79 Å². The molecule has 104 valence electrons. The summed E-state index contributed by atoms with van der Waals surface area (Å²) in [5.74, 6) is -0.286. The lowest BCUT2D eigenvalue weighted by Crippen LogP contribution is -2.39. The minimum atomic E-state index is -0.758. The van der Waals surface area contributed by atoms with E-state index in [9.17, 15) is 9.59 Å². The van der Waals surface area contributed by atoms with E-state index in [0.29, 0.717) is 12.5 Å². The summed E-state index contributed by atoms with van der Waals surface area (Å²) >= 11 is 0. The predicted molar refractivity (Wildman–Crippen MR) is 68.1 cm³/mol. The van der Waals surface area contributed by atoms with Crippen molar-refractivity contribution in [1.82, 2.24) is 0 Å². The van der Waals surface area contributed by atoms with E-state index in [1.807, 2.05) is 13.8 Å². The van der Waals surface area contributed by atoms with Crippen LogP contribution in [-0.4, -0.2) is 24.6 Å². The van der Waals surface area contributed by atoms with Gasteiger partial charge in [-0.15, -0.1) is 0 Å². The molecule has 0 aromatic heterocycles. The van der Waals surface area contributed by atoms with Gasteiger partial charge in [0.05, 0.1) is 5.92 Å². The van der Waals surface area contributed by atoms with Gasteiger partial charge in [0.15, 0.2) is 0 Å². The number of cyclic esters (lactones) is 1. The van der Waals surface area contributed by atoms with Gasteiger partial charge in [-0.2, -0.15) is 0 Å². The van der Waals surface area contributed by atoms with Crippen LogP contribution in [0.5, 0.6) is 0 Å². The van der Waals surface area contributed by atoms with Crippen molar-refractivity contribution in [3.63, 3.8) is 0 Å². The van der Waals surface area contributed by atoms with Crippen molar-refractivity contribution in [3.8, 4) is 0 Å². The average Bonchev–Trinajstić information content (AvgIpc) is 2.94. The SMILES string of the molecule is CC1(C)COC(=O)[C@@H]1OC(=O)[C@@H]1C[C@H]2C=C[C@@]1(C)C2. The van der Waals surface area contributed by atoms with Crippen molar-refractivity contribution < 1.29 is 19.1 Å². The van der Waals surface area contributed by atoms with Crippen molar-refractivity contribution >= 4 is 11.9 Å². The molecular formula is C15H20O4. The van der Waals surface area contributed by atoms with Crippen LogP contribution in [0.4, 0.5) is 0 Å². The molecule has 19 heavy (non-hydrogen) atoms. The predicted octanol–water partition coefficient (Wildman–Crippen LogP) is 2.08. The van der Waals surface area contributed by atoms with Crippen molar-refractivity contribution in [3.05, 3.63) is 12.2 Å². The first-order valence-corrected chi connectivity index (χ1v) is 6.88. The molecule has 0 aromatic carbocycles. The molecule has 0 spiro atoms. The van der Waals surface area contributed by atoms with E-state index in [4.69, 9.17) is 9.47 Å². The van der Waals surface area contributed by atoms with Gasteiger partial charge in [0.1, 0.15) is 6.61 Å². The summed E-state index contributed by atoms with van der Waals surface area (Å²) in [5, 5.41) is 0. The van der Waals surface area contributed by atoms with Gasteiger partial charge in [0, 0.05) is 5.41 Å². The van der Waals surface area contributed by atoms with Crippen LogP contribution in [0.15, 0.2) is 12.2 Å². The summed E-state index contributed by atoms with van der Waals surface area (Å²) in [7, 11) is 0. The fourth-order valence-electron chi connectivity index (χ4n) is 3.55. The maximum Gasteiger partial charge on any atom is 0.348 e. The number of carbonyl (C=O) groups is 2. The van der Waals surface area contributed by atoms with Gasteiger partial charge in [-0.1, -0.05) is 32.9 Å². The Hall–Kier alpha value is -1.32. The van der Waals surface area contributed by atoms with E-state index >= 15 is 0 Å². The highest BCUT2D eigenvalue weighted by molar-refractivity contribution is 5.83. The fraction of sp³-hybridized carbons (Fsp3) is 0.733. The van der Waals surface area contributed by atoms with Gasteiger partial charge in [0.2, 0.25) is 6.10 Å². The van der Waals surface area contributed by atoms with E-state index in [0.717, 1.165) is 12.8 Å². The first-order valence-electron chi connectivity index (χ1n) is 6.88. The number of rotatable bonds is 2. The Morgan fingerprint density at radius 3 is 2.63 bits per heavy atom. The Labute approximate surface area is 113 Å². The van der Waals surface area contributed by atoms with Crippen LogP contribution in [0, 0.1) is 22.7 Å².